The Bertz CT molecular complexity index is 445. The van der Waals surface area contributed by atoms with Gasteiger partial charge in [0.05, 0.1) is 12.1 Å². The summed E-state index contributed by atoms with van der Waals surface area (Å²) < 4.78 is 0. The number of aliphatic hydroxyl groups excluding tert-OH is 1. The minimum Gasteiger partial charge on any atom is -0.393 e. The molecule has 0 saturated carbocycles. The molecule has 1 aliphatic heterocycles. The second-order valence-corrected chi connectivity index (χ2v) is 5.37. The first-order valence-electron chi connectivity index (χ1n) is 6.54. The third kappa shape index (κ3) is 3.69. The summed E-state index contributed by atoms with van der Waals surface area (Å²) >= 11 is 6.06. The van der Waals surface area contributed by atoms with Crippen molar-refractivity contribution in [1.29, 1.82) is 0 Å². The van der Waals surface area contributed by atoms with Crippen molar-refractivity contribution in [1.82, 2.24) is 4.90 Å². The molecule has 1 fully saturated rings. The van der Waals surface area contributed by atoms with E-state index in [0.717, 1.165) is 5.56 Å². The van der Waals surface area contributed by atoms with Gasteiger partial charge in [0.15, 0.2) is 0 Å². The average molecular weight is 283 g/mol. The number of piperidine rings is 1. The normalized spacial score (nSPS) is 18.4. The Labute approximate surface area is 118 Å². The molecule has 1 aromatic carbocycles. The molecule has 0 radical (unpaired) electrons. The van der Waals surface area contributed by atoms with Crippen molar-refractivity contribution in [3.8, 4) is 0 Å². The Balaban J connectivity index is 1.94. The maximum Gasteiger partial charge on any atom is 0.239 e. The molecule has 5 heteroatoms. The van der Waals surface area contributed by atoms with Crippen LogP contribution in [-0.4, -0.2) is 41.1 Å². The van der Waals surface area contributed by atoms with Crippen LogP contribution in [0.2, 0.25) is 5.02 Å². The molecule has 0 unspecified atom stereocenters. The monoisotopic (exact) mass is 282 g/mol. The number of hydrogen-bond donors (Lipinski definition) is 2. The van der Waals surface area contributed by atoms with Gasteiger partial charge in [0.1, 0.15) is 0 Å². The largest absolute Gasteiger partial charge is 0.393 e. The standard InChI is InChI=1S/C14H19ClN2O2/c15-12-4-2-1-3-10(12)9-13(16)14(19)17-7-5-11(18)6-8-17/h1-4,11,13,18H,5-9,16H2/t13-/m0/s1. The van der Waals surface area contributed by atoms with Crippen molar-refractivity contribution < 1.29 is 9.90 Å². The van der Waals surface area contributed by atoms with Crippen LogP contribution in [0.25, 0.3) is 0 Å². The molecule has 0 spiro atoms. The van der Waals surface area contributed by atoms with E-state index in [-0.39, 0.29) is 12.0 Å². The lowest BCUT2D eigenvalue weighted by atomic mass is 10.0. The summed E-state index contributed by atoms with van der Waals surface area (Å²) in [6.45, 7) is 1.16. The summed E-state index contributed by atoms with van der Waals surface area (Å²) in [6, 6.07) is 6.84. The summed E-state index contributed by atoms with van der Waals surface area (Å²) in [4.78, 5) is 13.9. The van der Waals surface area contributed by atoms with Gasteiger partial charge < -0.3 is 15.7 Å². The molecule has 1 saturated heterocycles. The summed E-state index contributed by atoms with van der Waals surface area (Å²) in [5, 5.41) is 10.1. The molecule has 1 atom stereocenters. The molecule has 1 aromatic rings. The Morgan fingerprint density at radius 2 is 2.05 bits per heavy atom. The first-order valence-corrected chi connectivity index (χ1v) is 6.91. The fourth-order valence-corrected chi connectivity index (χ4v) is 2.52. The number of likely N-dealkylation sites (tertiary alicyclic amines) is 1. The zero-order valence-corrected chi connectivity index (χ0v) is 11.5. The fraction of sp³-hybridized carbons (Fsp3) is 0.500. The van der Waals surface area contributed by atoms with E-state index in [0.29, 0.717) is 37.4 Å². The molecule has 1 aliphatic rings. The van der Waals surface area contributed by atoms with Crippen molar-refractivity contribution in [3.63, 3.8) is 0 Å². The lowest BCUT2D eigenvalue weighted by molar-refractivity contribution is -0.134. The topological polar surface area (TPSA) is 66.6 Å². The lowest BCUT2D eigenvalue weighted by Gasteiger charge is -2.31. The van der Waals surface area contributed by atoms with Crippen LogP contribution in [0.3, 0.4) is 0 Å². The van der Waals surface area contributed by atoms with Gasteiger partial charge in [-0.3, -0.25) is 4.79 Å². The average Bonchev–Trinajstić information content (AvgIpc) is 2.41. The van der Waals surface area contributed by atoms with Gasteiger partial charge in [-0.25, -0.2) is 0 Å². The summed E-state index contributed by atoms with van der Waals surface area (Å²) in [5.74, 6) is -0.0631. The van der Waals surface area contributed by atoms with Gasteiger partial charge in [-0.05, 0) is 30.9 Å². The molecule has 1 amide bonds. The van der Waals surface area contributed by atoms with Crippen molar-refractivity contribution in [2.45, 2.75) is 31.4 Å². The van der Waals surface area contributed by atoms with Crippen LogP contribution in [-0.2, 0) is 11.2 Å². The SMILES string of the molecule is N[C@@H](Cc1ccccc1Cl)C(=O)N1CCC(O)CC1. The first-order chi connectivity index (χ1) is 9.08. The van der Waals surface area contributed by atoms with Crippen LogP contribution in [0.4, 0.5) is 0 Å². The summed E-state index contributed by atoms with van der Waals surface area (Å²) in [5.41, 5.74) is 6.86. The number of rotatable bonds is 3. The van der Waals surface area contributed by atoms with E-state index in [4.69, 9.17) is 17.3 Å². The Kier molecular flexibility index (Phi) is 4.80. The van der Waals surface area contributed by atoms with E-state index in [2.05, 4.69) is 0 Å². The number of amides is 1. The van der Waals surface area contributed by atoms with E-state index < -0.39 is 6.04 Å². The molecule has 4 nitrogen and oxygen atoms in total. The summed E-state index contributed by atoms with van der Waals surface area (Å²) in [6.07, 6.45) is 1.41. The van der Waals surface area contributed by atoms with Crippen molar-refractivity contribution in [2.75, 3.05) is 13.1 Å². The highest BCUT2D eigenvalue weighted by atomic mass is 35.5. The molecular weight excluding hydrogens is 264 g/mol. The van der Waals surface area contributed by atoms with Crippen molar-refractivity contribution in [3.05, 3.63) is 34.9 Å². The smallest absolute Gasteiger partial charge is 0.239 e. The van der Waals surface area contributed by atoms with Crippen LogP contribution in [0.1, 0.15) is 18.4 Å². The minimum atomic E-state index is -0.574. The molecular formula is C14H19ClN2O2. The first kappa shape index (κ1) is 14.3. The Hall–Kier alpha value is -1.10. The maximum absolute atomic E-state index is 12.2. The molecule has 104 valence electrons. The number of aliphatic hydroxyl groups is 1. The van der Waals surface area contributed by atoms with E-state index >= 15 is 0 Å². The highest BCUT2D eigenvalue weighted by molar-refractivity contribution is 6.31. The van der Waals surface area contributed by atoms with E-state index in [1.807, 2.05) is 18.2 Å². The maximum atomic E-state index is 12.2. The van der Waals surface area contributed by atoms with E-state index in [1.165, 1.54) is 0 Å². The number of carbonyl (C=O) groups excluding carboxylic acids is 1. The summed E-state index contributed by atoms with van der Waals surface area (Å²) in [7, 11) is 0. The lowest BCUT2D eigenvalue weighted by Crippen LogP contribution is -2.48. The predicted octanol–water partition coefficient (Wildman–Crippen LogP) is 1.19. The molecule has 19 heavy (non-hydrogen) atoms. The van der Waals surface area contributed by atoms with Gasteiger partial charge in [0, 0.05) is 18.1 Å². The number of halogens is 1. The zero-order valence-electron chi connectivity index (χ0n) is 10.8. The molecule has 0 aromatic heterocycles. The van der Waals surface area contributed by atoms with Gasteiger partial charge in [-0.15, -0.1) is 0 Å². The Morgan fingerprint density at radius 1 is 1.42 bits per heavy atom. The number of nitrogens with two attached hydrogens (primary N) is 1. The van der Waals surface area contributed by atoms with Gasteiger partial charge in [-0.1, -0.05) is 29.8 Å². The quantitative estimate of drug-likeness (QED) is 0.875. The van der Waals surface area contributed by atoms with Gasteiger partial charge in [0.2, 0.25) is 5.91 Å². The van der Waals surface area contributed by atoms with Gasteiger partial charge in [0.25, 0.3) is 0 Å². The molecule has 0 aliphatic carbocycles. The molecule has 3 N–H and O–H groups in total. The number of benzene rings is 1. The Morgan fingerprint density at radius 3 is 2.68 bits per heavy atom. The van der Waals surface area contributed by atoms with Crippen LogP contribution in [0, 0.1) is 0 Å². The number of hydrogen-bond acceptors (Lipinski definition) is 3. The van der Waals surface area contributed by atoms with Gasteiger partial charge in [-0.2, -0.15) is 0 Å². The molecule has 2 rings (SSSR count). The number of carbonyl (C=O) groups is 1. The third-order valence-electron chi connectivity index (χ3n) is 3.49. The van der Waals surface area contributed by atoms with E-state index in [9.17, 15) is 9.90 Å². The second-order valence-electron chi connectivity index (χ2n) is 4.96. The van der Waals surface area contributed by atoms with Gasteiger partial charge >= 0.3 is 0 Å². The van der Waals surface area contributed by atoms with Crippen LogP contribution in [0.5, 0.6) is 0 Å². The predicted molar refractivity (Wildman–Crippen MR) is 75.0 cm³/mol. The zero-order chi connectivity index (χ0) is 13.8. The van der Waals surface area contributed by atoms with Crippen LogP contribution in [0.15, 0.2) is 24.3 Å². The highest BCUT2D eigenvalue weighted by Gasteiger charge is 2.25. The van der Waals surface area contributed by atoms with Crippen molar-refractivity contribution in [2.24, 2.45) is 5.73 Å². The van der Waals surface area contributed by atoms with Crippen LogP contribution < -0.4 is 5.73 Å². The van der Waals surface area contributed by atoms with E-state index in [1.54, 1.807) is 11.0 Å². The third-order valence-corrected chi connectivity index (χ3v) is 3.86. The van der Waals surface area contributed by atoms with Crippen molar-refractivity contribution >= 4 is 17.5 Å². The van der Waals surface area contributed by atoms with Crippen LogP contribution >= 0.6 is 11.6 Å². The number of nitrogens with zero attached hydrogens (tertiary/aromatic N) is 1. The molecule has 1 heterocycles. The molecule has 0 bridgehead atoms. The second kappa shape index (κ2) is 6.37. The fourth-order valence-electron chi connectivity index (χ4n) is 2.31. The highest BCUT2D eigenvalue weighted by Crippen LogP contribution is 2.17. The minimum absolute atomic E-state index is 0.0631.